The van der Waals surface area contributed by atoms with Crippen LogP contribution < -0.4 is 0 Å². The number of morpholine rings is 1. The summed E-state index contributed by atoms with van der Waals surface area (Å²) in [6, 6.07) is 8.05. The van der Waals surface area contributed by atoms with Crippen LogP contribution in [0.3, 0.4) is 0 Å². The Balaban J connectivity index is 1.55. The van der Waals surface area contributed by atoms with Gasteiger partial charge in [-0.1, -0.05) is 18.2 Å². The van der Waals surface area contributed by atoms with Crippen LogP contribution in [-0.4, -0.2) is 52.8 Å². The number of benzene rings is 1. The molecule has 4 rings (SSSR count). The molecule has 0 radical (unpaired) electrons. The number of nitrogens with zero attached hydrogens (tertiary/aromatic N) is 2. The lowest BCUT2D eigenvalue weighted by atomic mass is 9.82. The molecule has 1 amide bonds. The number of aromatic nitrogens is 1. The zero-order valence-electron chi connectivity index (χ0n) is 15.5. The molecule has 0 spiro atoms. The van der Waals surface area contributed by atoms with Gasteiger partial charge in [-0.2, -0.15) is 0 Å². The van der Waals surface area contributed by atoms with E-state index in [4.69, 9.17) is 4.74 Å². The van der Waals surface area contributed by atoms with Crippen molar-refractivity contribution in [3.05, 3.63) is 36.0 Å². The molecular formula is C21H26N2O4. The Morgan fingerprint density at radius 2 is 1.78 bits per heavy atom. The normalized spacial score (nSPS) is 23.5. The Labute approximate surface area is 158 Å². The highest BCUT2D eigenvalue weighted by atomic mass is 16.5. The van der Waals surface area contributed by atoms with E-state index in [0.29, 0.717) is 32.2 Å². The number of ether oxygens (including phenoxy) is 1. The van der Waals surface area contributed by atoms with Gasteiger partial charge in [-0.15, -0.1) is 0 Å². The topological polar surface area (TPSA) is 71.8 Å². The number of carboxylic acid groups (broad SMARTS) is 1. The lowest BCUT2D eigenvalue weighted by Crippen LogP contribution is -2.40. The molecule has 2 aromatic rings. The summed E-state index contributed by atoms with van der Waals surface area (Å²) in [4.78, 5) is 26.1. The number of fused-ring (bicyclic) bond motifs is 1. The van der Waals surface area contributed by atoms with Crippen LogP contribution in [0.5, 0.6) is 0 Å². The lowest BCUT2D eigenvalue weighted by molar-refractivity contribution is -0.143. The predicted molar refractivity (Wildman–Crippen MR) is 102 cm³/mol. The fourth-order valence-electron chi connectivity index (χ4n) is 4.38. The molecule has 1 saturated carbocycles. The highest BCUT2D eigenvalue weighted by molar-refractivity contribution is 6.07. The summed E-state index contributed by atoms with van der Waals surface area (Å²) in [5.74, 6) is -0.329. The summed E-state index contributed by atoms with van der Waals surface area (Å²) in [6.07, 6.45) is 5.34. The third kappa shape index (κ3) is 3.72. The van der Waals surface area contributed by atoms with Gasteiger partial charge in [0.2, 0.25) is 0 Å². The molecule has 1 aliphatic heterocycles. The number of carbonyl (C=O) groups is 2. The van der Waals surface area contributed by atoms with E-state index < -0.39 is 5.97 Å². The van der Waals surface area contributed by atoms with Gasteiger partial charge in [-0.25, -0.2) is 0 Å². The molecule has 0 atom stereocenters. The Kier molecular flexibility index (Phi) is 5.16. The monoisotopic (exact) mass is 370 g/mol. The number of carboxylic acids is 1. The van der Waals surface area contributed by atoms with E-state index in [0.717, 1.165) is 48.7 Å². The van der Waals surface area contributed by atoms with Crippen molar-refractivity contribution in [1.82, 2.24) is 9.47 Å². The summed E-state index contributed by atoms with van der Waals surface area (Å²) >= 11 is 0. The molecule has 0 unspecified atom stereocenters. The van der Waals surface area contributed by atoms with Crippen LogP contribution in [0.2, 0.25) is 0 Å². The van der Waals surface area contributed by atoms with Crippen LogP contribution >= 0.6 is 0 Å². The number of rotatable bonds is 4. The van der Waals surface area contributed by atoms with E-state index in [1.807, 2.05) is 29.3 Å². The summed E-state index contributed by atoms with van der Waals surface area (Å²) in [5, 5.41) is 10.2. The highest BCUT2D eigenvalue weighted by Crippen LogP contribution is 2.32. The molecule has 144 valence electrons. The van der Waals surface area contributed by atoms with Crippen molar-refractivity contribution in [2.75, 3.05) is 26.3 Å². The molecule has 1 aromatic heterocycles. The van der Waals surface area contributed by atoms with Crippen molar-refractivity contribution >= 4 is 22.8 Å². The fraction of sp³-hybridized carbons (Fsp3) is 0.524. The summed E-state index contributed by atoms with van der Waals surface area (Å²) < 4.78 is 7.55. The van der Waals surface area contributed by atoms with Gasteiger partial charge in [0.25, 0.3) is 5.91 Å². The molecule has 1 saturated heterocycles. The zero-order chi connectivity index (χ0) is 18.8. The van der Waals surface area contributed by atoms with Crippen LogP contribution in [0.1, 0.15) is 36.0 Å². The van der Waals surface area contributed by atoms with Gasteiger partial charge in [0.1, 0.15) is 0 Å². The lowest BCUT2D eigenvalue weighted by Gasteiger charge is -2.27. The average Bonchev–Trinajstić information content (AvgIpc) is 3.07. The molecule has 1 N–H and O–H groups in total. The highest BCUT2D eigenvalue weighted by Gasteiger charge is 2.27. The number of hydrogen-bond donors (Lipinski definition) is 1. The van der Waals surface area contributed by atoms with Crippen LogP contribution in [0.15, 0.2) is 30.5 Å². The predicted octanol–water partition coefficient (Wildman–Crippen LogP) is 3.00. The van der Waals surface area contributed by atoms with Crippen LogP contribution in [0, 0.1) is 11.8 Å². The largest absolute Gasteiger partial charge is 0.481 e. The molecule has 1 aliphatic carbocycles. The smallest absolute Gasteiger partial charge is 0.306 e. The Morgan fingerprint density at radius 1 is 1.07 bits per heavy atom. The van der Waals surface area contributed by atoms with E-state index in [-0.39, 0.29) is 11.8 Å². The van der Waals surface area contributed by atoms with E-state index in [1.165, 1.54) is 0 Å². The van der Waals surface area contributed by atoms with E-state index in [9.17, 15) is 14.7 Å². The molecule has 0 bridgehead atoms. The minimum Gasteiger partial charge on any atom is -0.481 e. The van der Waals surface area contributed by atoms with Gasteiger partial charge >= 0.3 is 5.97 Å². The molecule has 6 nitrogen and oxygen atoms in total. The molecule has 6 heteroatoms. The summed E-state index contributed by atoms with van der Waals surface area (Å²) in [6.45, 7) is 3.30. The van der Waals surface area contributed by atoms with Gasteiger partial charge in [0, 0.05) is 36.7 Å². The first-order valence-corrected chi connectivity index (χ1v) is 9.81. The molecule has 2 aliphatic rings. The van der Waals surface area contributed by atoms with E-state index >= 15 is 0 Å². The Hall–Kier alpha value is -2.34. The van der Waals surface area contributed by atoms with Crippen molar-refractivity contribution in [3.8, 4) is 0 Å². The van der Waals surface area contributed by atoms with Gasteiger partial charge < -0.3 is 19.3 Å². The third-order valence-corrected chi connectivity index (χ3v) is 5.97. The molecule has 2 fully saturated rings. The van der Waals surface area contributed by atoms with Crippen LogP contribution in [0.25, 0.3) is 10.9 Å². The number of amides is 1. The van der Waals surface area contributed by atoms with Crippen molar-refractivity contribution in [2.24, 2.45) is 11.8 Å². The van der Waals surface area contributed by atoms with Crippen molar-refractivity contribution < 1.29 is 19.4 Å². The van der Waals surface area contributed by atoms with Crippen molar-refractivity contribution in [1.29, 1.82) is 0 Å². The average molecular weight is 370 g/mol. The second-order valence-electron chi connectivity index (χ2n) is 7.67. The summed E-state index contributed by atoms with van der Waals surface area (Å²) in [7, 11) is 0. The first-order chi connectivity index (χ1) is 13.1. The minimum atomic E-state index is -0.668. The van der Waals surface area contributed by atoms with Gasteiger partial charge in [-0.3, -0.25) is 9.59 Å². The van der Waals surface area contributed by atoms with Crippen molar-refractivity contribution in [3.63, 3.8) is 0 Å². The molecule has 27 heavy (non-hydrogen) atoms. The van der Waals surface area contributed by atoms with E-state index in [2.05, 4.69) is 10.6 Å². The maximum Gasteiger partial charge on any atom is 0.306 e. The first kappa shape index (κ1) is 18.0. The van der Waals surface area contributed by atoms with Gasteiger partial charge in [0.15, 0.2) is 0 Å². The number of para-hydroxylation sites is 1. The van der Waals surface area contributed by atoms with Crippen LogP contribution in [0.4, 0.5) is 0 Å². The molecule has 1 aromatic carbocycles. The van der Waals surface area contributed by atoms with E-state index in [1.54, 1.807) is 0 Å². The maximum atomic E-state index is 13.0. The Bertz CT molecular complexity index is 830. The second-order valence-corrected chi connectivity index (χ2v) is 7.67. The SMILES string of the molecule is O=C(O)C1CCC(Cn2cc(C(=O)N3CCOCC3)c3ccccc32)CC1. The Morgan fingerprint density at radius 3 is 2.48 bits per heavy atom. The van der Waals surface area contributed by atoms with Crippen molar-refractivity contribution in [2.45, 2.75) is 32.2 Å². The van der Waals surface area contributed by atoms with Gasteiger partial charge in [0.05, 0.1) is 24.7 Å². The maximum absolute atomic E-state index is 13.0. The molecular weight excluding hydrogens is 344 g/mol. The second kappa shape index (κ2) is 7.72. The fourth-order valence-corrected chi connectivity index (χ4v) is 4.38. The number of hydrogen-bond acceptors (Lipinski definition) is 3. The number of aliphatic carboxylic acids is 1. The minimum absolute atomic E-state index is 0.0721. The standard InChI is InChI=1S/C21H26N2O4/c24-20(22-9-11-27-12-10-22)18-14-23(19-4-2-1-3-17(18)19)13-15-5-7-16(8-6-15)21(25)26/h1-4,14-16H,5-13H2,(H,25,26). The summed E-state index contributed by atoms with van der Waals surface area (Å²) in [5.41, 5.74) is 1.83. The quantitative estimate of drug-likeness (QED) is 0.898. The zero-order valence-corrected chi connectivity index (χ0v) is 15.5. The van der Waals surface area contributed by atoms with Gasteiger partial charge in [-0.05, 0) is 37.7 Å². The molecule has 2 heterocycles. The third-order valence-electron chi connectivity index (χ3n) is 5.97. The van der Waals surface area contributed by atoms with Crippen LogP contribution in [-0.2, 0) is 16.1 Å². The number of carbonyl (C=O) groups excluding carboxylic acids is 1. The first-order valence-electron chi connectivity index (χ1n) is 9.81.